The molecule has 3 nitrogen and oxygen atoms in total. The van der Waals surface area contributed by atoms with Gasteiger partial charge in [0, 0.05) is 5.92 Å². The van der Waals surface area contributed by atoms with Gasteiger partial charge in [-0.15, -0.1) is 6.42 Å². The SMILES string of the molecule is C#Cc1cc(F)ccc1NC(=O)OCC1c2ccccc2-c2ccccc21. The second kappa shape index (κ2) is 6.97. The molecule has 1 N–H and O–H groups in total. The Balaban J connectivity index is 1.51. The van der Waals surface area contributed by atoms with Crippen LogP contribution in [0.1, 0.15) is 22.6 Å². The zero-order valence-electron chi connectivity index (χ0n) is 14.4. The summed E-state index contributed by atoms with van der Waals surface area (Å²) in [5.41, 5.74) is 5.21. The van der Waals surface area contributed by atoms with Crippen LogP contribution in [0.15, 0.2) is 66.7 Å². The lowest BCUT2D eigenvalue weighted by Crippen LogP contribution is -2.18. The van der Waals surface area contributed by atoms with Crippen LogP contribution in [0.3, 0.4) is 0 Å². The van der Waals surface area contributed by atoms with Gasteiger partial charge >= 0.3 is 6.09 Å². The summed E-state index contributed by atoms with van der Waals surface area (Å²) in [5.74, 6) is 1.87. The van der Waals surface area contributed by atoms with Crippen LogP contribution in [0, 0.1) is 18.2 Å². The van der Waals surface area contributed by atoms with Gasteiger partial charge < -0.3 is 4.74 Å². The zero-order valence-corrected chi connectivity index (χ0v) is 14.4. The Morgan fingerprint density at radius 2 is 1.67 bits per heavy atom. The number of carbonyl (C=O) groups excluding carboxylic acids is 1. The van der Waals surface area contributed by atoms with Crippen molar-refractivity contribution < 1.29 is 13.9 Å². The zero-order chi connectivity index (χ0) is 18.8. The van der Waals surface area contributed by atoms with Crippen molar-refractivity contribution >= 4 is 11.8 Å². The van der Waals surface area contributed by atoms with Gasteiger partial charge in [-0.1, -0.05) is 54.5 Å². The lowest BCUT2D eigenvalue weighted by atomic mass is 9.98. The summed E-state index contributed by atoms with van der Waals surface area (Å²) in [6, 6.07) is 20.1. The molecule has 0 fully saturated rings. The lowest BCUT2D eigenvalue weighted by Gasteiger charge is -2.15. The fourth-order valence-corrected chi connectivity index (χ4v) is 3.49. The fraction of sp³-hybridized carbons (Fsp3) is 0.0870. The molecule has 0 bridgehead atoms. The first-order chi connectivity index (χ1) is 13.2. The number of hydrogen-bond acceptors (Lipinski definition) is 2. The molecule has 27 heavy (non-hydrogen) atoms. The third-order valence-electron chi connectivity index (χ3n) is 4.72. The number of terminal acetylenes is 1. The smallest absolute Gasteiger partial charge is 0.411 e. The summed E-state index contributed by atoms with van der Waals surface area (Å²) >= 11 is 0. The lowest BCUT2D eigenvalue weighted by molar-refractivity contribution is 0.158. The van der Waals surface area contributed by atoms with Crippen molar-refractivity contribution in [3.63, 3.8) is 0 Å². The van der Waals surface area contributed by atoms with Crippen LogP contribution >= 0.6 is 0 Å². The summed E-state index contributed by atoms with van der Waals surface area (Å²) in [6.45, 7) is 0.201. The molecule has 0 saturated heterocycles. The third-order valence-corrected chi connectivity index (χ3v) is 4.72. The van der Waals surface area contributed by atoms with Gasteiger partial charge in [-0.05, 0) is 40.5 Å². The first-order valence-electron chi connectivity index (χ1n) is 8.55. The number of hydrogen-bond donors (Lipinski definition) is 1. The highest BCUT2D eigenvalue weighted by Gasteiger charge is 2.29. The average molecular weight is 357 g/mol. The number of amides is 1. The number of halogens is 1. The van der Waals surface area contributed by atoms with Crippen LogP contribution in [-0.2, 0) is 4.74 Å². The van der Waals surface area contributed by atoms with E-state index in [-0.39, 0.29) is 18.1 Å². The molecule has 1 aliphatic rings. The van der Waals surface area contributed by atoms with Gasteiger partial charge in [0.25, 0.3) is 0 Å². The third kappa shape index (κ3) is 3.16. The van der Waals surface area contributed by atoms with E-state index in [2.05, 4.69) is 35.5 Å². The minimum Gasteiger partial charge on any atom is -0.448 e. The minimum absolute atomic E-state index is 0.0246. The summed E-state index contributed by atoms with van der Waals surface area (Å²) in [6.07, 6.45) is 4.74. The molecule has 0 aromatic heterocycles. The van der Waals surface area contributed by atoms with Crippen LogP contribution in [0.25, 0.3) is 11.1 Å². The highest BCUT2D eigenvalue weighted by molar-refractivity contribution is 5.87. The van der Waals surface area contributed by atoms with E-state index in [1.165, 1.54) is 18.2 Å². The highest BCUT2D eigenvalue weighted by atomic mass is 19.1. The number of rotatable bonds is 3. The van der Waals surface area contributed by atoms with E-state index in [1.54, 1.807) is 0 Å². The Bertz CT molecular complexity index is 1020. The highest BCUT2D eigenvalue weighted by Crippen LogP contribution is 2.44. The number of fused-ring (bicyclic) bond motifs is 3. The Morgan fingerprint density at radius 3 is 2.30 bits per heavy atom. The van der Waals surface area contributed by atoms with Crippen molar-refractivity contribution in [2.75, 3.05) is 11.9 Å². The summed E-state index contributed by atoms with van der Waals surface area (Å²) in [7, 11) is 0. The van der Waals surface area contributed by atoms with Gasteiger partial charge in [0.2, 0.25) is 0 Å². The van der Waals surface area contributed by atoms with E-state index in [0.717, 1.165) is 22.3 Å². The van der Waals surface area contributed by atoms with E-state index in [0.29, 0.717) is 5.69 Å². The Labute approximate surface area is 156 Å². The number of nitrogens with one attached hydrogen (secondary N) is 1. The van der Waals surface area contributed by atoms with Crippen molar-refractivity contribution in [2.24, 2.45) is 0 Å². The number of anilines is 1. The summed E-state index contributed by atoms with van der Waals surface area (Å²) in [4.78, 5) is 12.3. The number of carbonyl (C=O) groups is 1. The molecule has 4 rings (SSSR count). The van der Waals surface area contributed by atoms with Crippen molar-refractivity contribution in [1.29, 1.82) is 0 Å². The van der Waals surface area contributed by atoms with Crippen LogP contribution in [-0.4, -0.2) is 12.7 Å². The minimum atomic E-state index is -0.625. The van der Waals surface area contributed by atoms with Crippen molar-refractivity contribution in [3.05, 3.63) is 89.2 Å². The summed E-state index contributed by atoms with van der Waals surface area (Å²) < 4.78 is 18.7. The molecule has 0 spiro atoms. The van der Waals surface area contributed by atoms with Crippen LogP contribution < -0.4 is 5.32 Å². The van der Waals surface area contributed by atoms with E-state index in [1.807, 2.05) is 24.3 Å². The van der Waals surface area contributed by atoms with E-state index in [4.69, 9.17) is 11.2 Å². The van der Waals surface area contributed by atoms with Crippen LogP contribution in [0.5, 0.6) is 0 Å². The predicted molar refractivity (Wildman–Crippen MR) is 103 cm³/mol. The standard InChI is InChI=1S/C23H16FNO2/c1-2-15-13-16(24)11-12-22(15)25-23(26)27-14-21-19-9-5-3-7-17(19)18-8-4-6-10-20(18)21/h1,3-13,21H,14H2,(H,25,26). The first kappa shape index (κ1) is 16.9. The van der Waals surface area contributed by atoms with E-state index >= 15 is 0 Å². The van der Waals surface area contributed by atoms with Gasteiger partial charge in [0.15, 0.2) is 0 Å². The molecule has 0 heterocycles. The first-order valence-corrected chi connectivity index (χ1v) is 8.55. The largest absolute Gasteiger partial charge is 0.448 e. The van der Waals surface area contributed by atoms with E-state index < -0.39 is 11.9 Å². The molecule has 0 radical (unpaired) electrons. The van der Waals surface area contributed by atoms with Gasteiger partial charge in [-0.3, -0.25) is 5.32 Å². The molecular formula is C23H16FNO2. The quantitative estimate of drug-likeness (QED) is 0.657. The molecule has 132 valence electrons. The van der Waals surface area contributed by atoms with Crippen LogP contribution in [0.2, 0.25) is 0 Å². The van der Waals surface area contributed by atoms with Gasteiger partial charge in [-0.2, -0.15) is 0 Å². The van der Waals surface area contributed by atoms with Crippen molar-refractivity contribution in [1.82, 2.24) is 0 Å². The monoisotopic (exact) mass is 357 g/mol. The second-order valence-electron chi connectivity index (χ2n) is 6.28. The second-order valence-corrected chi connectivity index (χ2v) is 6.28. The Morgan fingerprint density at radius 1 is 1.04 bits per heavy atom. The molecule has 0 atom stereocenters. The maximum atomic E-state index is 13.3. The predicted octanol–water partition coefficient (Wildman–Crippen LogP) is 5.17. The van der Waals surface area contributed by atoms with Gasteiger partial charge in [0.1, 0.15) is 12.4 Å². The molecule has 3 aromatic rings. The molecule has 0 saturated carbocycles. The maximum Gasteiger partial charge on any atom is 0.411 e. The van der Waals surface area contributed by atoms with E-state index in [9.17, 15) is 9.18 Å². The van der Waals surface area contributed by atoms with Gasteiger partial charge in [-0.25, -0.2) is 9.18 Å². The molecule has 4 heteroatoms. The Kier molecular flexibility index (Phi) is 4.35. The molecule has 0 aliphatic heterocycles. The normalized spacial score (nSPS) is 12.0. The fourth-order valence-electron chi connectivity index (χ4n) is 3.49. The number of ether oxygens (including phenoxy) is 1. The molecule has 0 unspecified atom stereocenters. The number of benzene rings is 3. The van der Waals surface area contributed by atoms with Crippen LogP contribution in [0.4, 0.5) is 14.9 Å². The topological polar surface area (TPSA) is 38.3 Å². The van der Waals surface area contributed by atoms with Crippen molar-refractivity contribution in [3.8, 4) is 23.5 Å². The molecule has 1 amide bonds. The average Bonchev–Trinajstić information content (AvgIpc) is 3.01. The molecular weight excluding hydrogens is 341 g/mol. The summed E-state index contributed by atoms with van der Waals surface area (Å²) in [5, 5.41) is 2.59. The maximum absolute atomic E-state index is 13.3. The van der Waals surface area contributed by atoms with Crippen molar-refractivity contribution in [2.45, 2.75) is 5.92 Å². The molecule has 1 aliphatic carbocycles. The Hall–Kier alpha value is -3.58. The molecule has 3 aromatic carbocycles. The van der Waals surface area contributed by atoms with Gasteiger partial charge in [0.05, 0.1) is 11.3 Å².